The van der Waals surface area contributed by atoms with E-state index in [9.17, 15) is 4.79 Å². The zero-order chi connectivity index (χ0) is 11.5. The second-order valence-corrected chi connectivity index (χ2v) is 5.70. The molecule has 5 heteroatoms. The number of rotatable bonds is 5. The quantitative estimate of drug-likeness (QED) is 0.756. The van der Waals surface area contributed by atoms with Crippen LogP contribution in [0.4, 0.5) is 0 Å². The van der Waals surface area contributed by atoms with E-state index in [-0.39, 0.29) is 17.9 Å². The average Bonchev–Trinajstić information content (AvgIpc) is 2.80. The molecule has 92 valence electrons. The van der Waals surface area contributed by atoms with Gasteiger partial charge in [0.25, 0.3) is 0 Å². The summed E-state index contributed by atoms with van der Waals surface area (Å²) >= 11 is 1.93. The van der Waals surface area contributed by atoms with Crippen molar-refractivity contribution in [2.75, 3.05) is 31.8 Å². The van der Waals surface area contributed by atoms with E-state index >= 15 is 0 Å². The Morgan fingerprint density at radius 3 is 2.88 bits per heavy atom. The molecule has 1 amide bonds. The molecule has 4 nitrogen and oxygen atoms in total. The molecule has 16 heavy (non-hydrogen) atoms. The van der Waals surface area contributed by atoms with Gasteiger partial charge in [-0.2, -0.15) is 11.8 Å². The monoisotopic (exact) mass is 244 g/mol. The van der Waals surface area contributed by atoms with Crippen LogP contribution in [0.3, 0.4) is 0 Å². The summed E-state index contributed by atoms with van der Waals surface area (Å²) in [6, 6.07) is 0.507. The van der Waals surface area contributed by atoms with Crippen molar-refractivity contribution >= 4 is 17.7 Å². The fourth-order valence-electron chi connectivity index (χ4n) is 2.14. The van der Waals surface area contributed by atoms with Gasteiger partial charge in [-0.3, -0.25) is 4.79 Å². The first-order valence-electron chi connectivity index (χ1n) is 5.86. The molecule has 2 aliphatic rings. The van der Waals surface area contributed by atoms with Gasteiger partial charge >= 0.3 is 0 Å². The first-order valence-corrected chi connectivity index (χ1v) is 7.02. The number of carbonyl (C=O) groups excluding carboxylic acids is 1. The number of methoxy groups -OCH3 is 1. The normalized spacial score (nSPS) is 32.8. The number of hydrogen-bond acceptors (Lipinski definition) is 4. The first kappa shape index (κ1) is 12.2. The smallest absolute Gasteiger partial charge is 0.227 e. The number of ether oxygens (including phenoxy) is 1. The average molecular weight is 244 g/mol. The predicted molar refractivity (Wildman–Crippen MR) is 65.4 cm³/mol. The van der Waals surface area contributed by atoms with Gasteiger partial charge in [-0.15, -0.1) is 0 Å². The van der Waals surface area contributed by atoms with Crippen LogP contribution >= 0.6 is 11.8 Å². The lowest BCUT2D eigenvalue weighted by molar-refractivity contribution is -0.135. The van der Waals surface area contributed by atoms with Crippen molar-refractivity contribution in [3.63, 3.8) is 0 Å². The molecule has 1 saturated carbocycles. The molecule has 2 rings (SSSR count). The summed E-state index contributed by atoms with van der Waals surface area (Å²) in [5.41, 5.74) is 5.75. The first-order chi connectivity index (χ1) is 7.74. The molecule has 0 spiro atoms. The summed E-state index contributed by atoms with van der Waals surface area (Å²) in [5.74, 6) is 2.56. The zero-order valence-electron chi connectivity index (χ0n) is 9.72. The number of carbonyl (C=O) groups is 1. The summed E-state index contributed by atoms with van der Waals surface area (Å²) in [7, 11) is 1.68. The van der Waals surface area contributed by atoms with Crippen LogP contribution in [0, 0.1) is 5.92 Å². The van der Waals surface area contributed by atoms with E-state index in [1.807, 2.05) is 16.7 Å². The number of amides is 1. The molecule has 1 aliphatic heterocycles. The van der Waals surface area contributed by atoms with Crippen molar-refractivity contribution < 1.29 is 9.53 Å². The number of hydrogen-bond donors (Lipinski definition) is 1. The lowest BCUT2D eigenvalue weighted by Gasteiger charge is -2.28. The Morgan fingerprint density at radius 2 is 2.38 bits per heavy atom. The minimum atomic E-state index is 0.0856. The SMILES string of the molecule is COCCN(C(=O)C1CC1N)C1CCSC1. The molecule has 1 saturated heterocycles. The van der Waals surface area contributed by atoms with Crippen LogP contribution in [-0.4, -0.2) is 54.7 Å². The van der Waals surface area contributed by atoms with Crippen LogP contribution in [0.5, 0.6) is 0 Å². The Bertz CT molecular complexity index is 256. The van der Waals surface area contributed by atoms with Gasteiger partial charge in [0, 0.05) is 31.5 Å². The third kappa shape index (κ3) is 2.70. The Labute approximate surface area is 101 Å². The highest BCUT2D eigenvalue weighted by Gasteiger charge is 2.44. The summed E-state index contributed by atoms with van der Waals surface area (Å²) in [6.07, 6.45) is 1.98. The maximum Gasteiger partial charge on any atom is 0.227 e. The highest BCUT2D eigenvalue weighted by Crippen LogP contribution is 2.32. The number of thioether (sulfide) groups is 1. The fourth-order valence-corrected chi connectivity index (χ4v) is 3.37. The van der Waals surface area contributed by atoms with Gasteiger partial charge in [-0.05, 0) is 18.6 Å². The van der Waals surface area contributed by atoms with Crippen molar-refractivity contribution in [3.05, 3.63) is 0 Å². The van der Waals surface area contributed by atoms with Crippen LogP contribution in [0.2, 0.25) is 0 Å². The second-order valence-electron chi connectivity index (χ2n) is 4.55. The minimum Gasteiger partial charge on any atom is -0.383 e. The van der Waals surface area contributed by atoms with E-state index in [0.29, 0.717) is 19.2 Å². The predicted octanol–water partition coefficient (Wildman–Crippen LogP) is 0.314. The molecule has 2 N–H and O–H groups in total. The number of nitrogens with zero attached hydrogens (tertiary/aromatic N) is 1. The standard InChI is InChI=1S/C11H20N2O2S/c1-15-4-3-13(8-2-5-16-7-8)11(14)9-6-10(9)12/h8-10H,2-7,12H2,1H3. The minimum absolute atomic E-state index is 0.0856. The van der Waals surface area contributed by atoms with Crippen LogP contribution in [0.1, 0.15) is 12.8 Å². The lowest BCUT2D eigenvalue weighted by Crippen LogP contribution is -2.44. The Hall–Kier alpha value is -0.260. The third-order valence-corrected chi connectivity index (χ3v) is 4.47. The molecule has 0 aromatic heterocycles. The van der Waals surface area contributed by atoms with Crippen molar-refractivity contribution in [2.24, 2.45) is 11.7 Å². The molecular weight excluding hydrogens is 224 g/mol. The molecule has 0 aromatic rings. The Kier molecular flexibility index (Phi) is 4.10. The zero-order valence-corrected chi connectivity index (χ0v) is 10.5. The van der Waals surface area contributed by atoms with Crippen LogP contribution in [0.25, 0.3) is 0 Å². The fraction of sp³-hybridized carbons (Fsp3) is 0.909. The van der Waals surface area contributed by atoms with Gasteiger partial charge in [0.15, 0.2) is 0 Å². The van der Waals surface area contributed by atoms with Crippen LogP contribution in [-0.2, 0) is 9.53 Å². The molecule has 1 heterocycles. The summed E-state index contributed by atoms with van der Waals surface area (Å²) in [4.78, 5) is 14.2. The van der Waals surface area contributed by atoms with Gasteiger partial charge < -0.3 is 15.4 Å². The van der Waals surface area contributed by atoms with E-state index in [0.717, 1.165) is 24.3 Å². The van der Waals surface area contributed by atoms with Gasteiger partial charge in [0.2, 0.25) is 5.91 Å². The molecular formula is C11H20N2O2S. The Morgan fingerprint density at radius 1 is 1.62 bits per heavy atom. The van der Waals surface area contributed by atoms with Crippen molar-refractivity contribution in [3.8, 4) is 0 Å². The molecule has 3 atom stereocenters. The van der Waals surface area contributed by atoms with Crippen molar-refractivity contribution in [1.82, 2.24) is 4.90 Å². The van der Waals surface area contributed by atoms with Gasteiger partial charge in [0.05, 0.1) is 12.5 Å². The van der Waals surface area contributed by atoms with E-state index < -0.39 is 0 Å². The third-order valence-electron chi connectivity index (χ3n) is 3.32. The molecule has 3 unspecified atom stereocenters. The maximum atomic E-state index is 12.2. The number of nitrogens with two attached hydrogens (primary N) is 1. The molecule has 0 aromatic carbocycles. The highest BCUT2D eigenvalue weighted by atomic mass is 32.2. The molecule has 0 radical (unpaired) electrons. The summed E-state index contributed by atoms with van der Waals surface area (Å²) in [5, 5.41) is 0. The maximum absolute atomic E-state index is 12.2. The van der Waals surface area contributed by atoms with Crippen LogP contribution < -0.4 is 5.73 Å². The molecule has 0 bridgehead atoms. The Balaban J connectivity index is 1.92. The van der Waals surface area contributed by atoms with Gasteiger partial charge in [-0.25, -0.2) is 0 Å². The lowest BCUT2D eigenvalue weighted by atomic mass is 10.2. The van der Waals surface area contributed by atoms with E-state index in [4.69, 9.17) is 10.5 Å². The molecule has 1 aliphatic carbocycles. The van der Waals surface area contributed by atoms with E-state index in [1.165, 1.54) is 0 Å². The van der Waals surface area contributed by atoms with Crippen molar-refractivity contribution in [1.29, 1.82) is 0 Å². The largest absolute Gasteiger partial charge is 0.383 e. The highest BCUT2D eigenvalue weighted by molar-refractivity contribution is 7.99. The van der Waals surface area contributed by atoms with E-state index in [1.54, 1.807) is 7.11 Å². The van der Waals surface area contributed by atoms with Crippen molar-refractivity contribution in [2.45, 2.75) is 24.9 Å². The van der Waals surface area contributed by atoms with Gasteiger partial charge in [0.1, 0.15) is 0 Å². The summed E-state index contributed by atoms with van der Waals surface area (Å²) in [6.45, 7) is 1.33. The molecule has 2 fully saturated rings. The topological polar surface area (TPSA) is 55.6 Å². The second kappa shape index (κ2) is 5.38. The van der Waals surface area contributed by atoms with Crippen LogP contribution in [0.15, 0.2) is 0 Å². The van der Waals surface area contributed by atoms with Gasteiger partial charge in [-0.1, -0.05) is 0 Å². The summed E-state index contributed by atoms with van der Waals surface area (Å²) < 4.78 is 5.08. The van der Waals surface area contributed by atoms with E-state index in [2.05, 4.69) is 0 Å².